The van der Waals surface area contributed by atoms with Crippen molar-refractivity contribution in [2.45, 2.75) is 29.0 Å². The molecule has 0 saturated heterocycles. The molecule has 1 nitrogen and oxygen atoms in total. The van der Waals surface area contributed by atoms with Crippen molar-refractivity contribution in [2.75, 3.05) is 0 Å². The van der Waals surface area contributed by atoms with Crippen molar-refractivity contribution in [1.29, 1.82) is 0 Å². The molecule has 3 rings (SSSR count). The zero-order valence-electron chi connectivity index (χ0n) is 10.6. The maximum absolute atomic E-state index is 6.41. The summed E-state index contributed by atoms with van der Waals surface area (Å²) in [6.07, 6.45) is 2.06. The summed E-state index contributed by atoms with van der Waals surface area (Å²) in [6.45, 7) is 0. The Kier molecular flexibility index (Phi) is 4.15. The van der Waals surface area contributed by atoms with Crippen LogP contribution in [0.15, 0.2) is 53.4 Å². The fraction of sp³-hybridized carbons (Fsp3) is 0.250. The van der Waals surface area contributed by atoms with Gasteiger partial charge in [-0.3, -0.25) is 0 Å². The second kappa shape index (κ2) is 5.85. The van der Waals surface area contributed by atoms with E-state index in [9.17, 15) is 0 Å². The third kappa shape index (κ3) is 3.15. The highest BCUT2D eigenvalue weighted by Gasteiger charge is 2.26. The molecular weight excluding hydrogens is 365 g/mol. The fourth-order valence-corrected chi connectivity index (χ4v) is 4.15. The Bertz CT molecular complexity index is 542. The predicted octanol–water partition coefficient (Wildman–Crippen LogP) is 3.88. The first-order chi connectivity index (χ1) is 9.22. The maximum Gasteiger partial charge on any atom is 0.0290 e. The molecule has 0 aromatic heterocycles. The van der Waals surface area contributed by atoms with Crippen molar-refractivity contribution < 1.29 is 0 Å². The second-order valence-corrected chi connectivity index (χ2v) is 7.49. The topological polar surface area (TPSA) is 26.0 Å². The summed E-state index contributed by atoms with van der Waals surface area (Å²) in [5.41, 5.74) is 9.20. The molecule has 19 heavy (non-hydrogen) atoms. The Balaban J connectivity index is 1.66. The molecule has 0 saturated carbocycles. The average Bonchev–Trinajstić information content (AvgIpc) is 2.85. The summed E-state index contributed by atoms with van der Waals surface area (Å²) < 4.78 is 1.28. The largest absolute Gasteiger partial charge is 0.326 e. The van der Waals surface area contributed by atoms with Crippen LogP contribution in [0.2, 0.25) is 0 Å². The molecule has 2 atom stereocenters. The normalized spacial score (nSPS) is 19.2. The highest BCUT2D eigenvalue weighted by atomic mass is 127. The van der Waals surface area contributed by atoms with Gasteiger partial charge in [0.2, 0.25) is 0 Å². The smallest absolute Gasteiger partial charge is 0.0290 e. The van der Waals surface area contributed by atoms with Crippen LogP contribution in [0.4, 0.5) is 0 Å². The van der Waals surface area contributed by atoms with E-state index in [0.29, 0.717) is 5.25 Å². The molecule has 0 radical (unpaired) electrons. The van der Waals surface area contributed by atoms with Gasteiger partial charge >= 0.3 is 0 Å². The predicted molar refractivity (Wildman–Crippen MR) is 90.6 cm³/mol. The van der Waals surface area contributed by atoms with E-state index in [0.717, 1.165) is 12.8 Å². The summed E-state index contributed by atoms with van der Waals surface area (Å²) >= 11 is 4.27. The first-order valence-corrected chi connectivity index (χ1v) is 8.43. The zero-order chi connectivity index (χ0) is 13.2. The minimum absolute atomic E-state index is 0.220. The van der Waals surface area contributed by atoms with E-state index >= 15 is 0 Å². The third-order valence-corrected chi connectivity index (χ3v) is 5.72. The average molecular weight is 381 g/mol. The SMILES string of the molecule is NC(Cc1ccc(I)cc1)C1Cc2ccccc2S1. The Morgan fingerprint density at radius 3 is 2.63 bits per heavy atom. The molecule has 1 heterocycles. The van der Waals surface area contributed by atoms with Gasteiger partial charge in [-0.25, -0.2) is 0 Å². The molecular formula is C16H16INS. The molecule has 1 aliphatic rings. The quantitative estimate of drug-likeness (QED) is 0.817. The summed E-state index contributed by atoms with van der Waals surface area (Å²) in [5, 5.41) is 0.511. The molecule has 1 aliphatic heterocycles. The highest BCUT2D eigenvalue weighted by Crippen LogP contribution is 2.38. The molecule has 0 fully saturated rings. The van der Waals surface area contributed by atoms with Crippen LogP contribution < -0.4 is 5.73 Å². The van der Waals surface area contributed by atoms with Gasteiger partial charge in [0.05, 0.1) is 0 Å². The number of hydrogen-bond donors (Lipinski definition) is 1. The number of hydrogen-bond acceptors (Lipinski definition) is 2. The summed E-state index contributed by atoms with van der Waals surface area (Å²) in [5.74, 6) is 0. The molecule has 2 aromatic carbocycles. The number of halogens is 1. The maximum atomic E-state index is 6.41. The van der Waals surface area contributed by atoms with Crippen molar-refractivity contribution in [3.63, 3.8) is 0 Å². The van der Waals surface area contributed by atoms with E-state index in [-0.39, 0.29) is 6.04 Å². The van der Waals surface area contributed by atoms with Crippen LogP contribution in [0.3, 0.4) is 0 Å². The fourth-order valence-electron chi connectivity index (χ4n) is 2.47. The lowest BCUT2D eigenvalue weighted by Crippen LogP contribution is -2.34. The number of benzene rings is 2. The minimum Gasteiger partial charge on any atom is -0.326 e. The molecule has 2 unspecified atom stereocenters. The summed E-state index contributed by atoms with van der Waals surface area (Å²) in [7, 11) is 0. The van der Waals surface area contributed by atoms with Crippen molar-refractivity contribution >= 4 is 34.4 Å². The molecule has 0 amide bonds. The molecule has 98 valence electrons. The lowest BCUT2D eigenvalue weighted by atomic mass is 10.00. The zero-order valence-corrected chi connectivity index (χ0v) is 13.5. The Labute approximate surface area is 132 Å². The molecule has 2 N–H and O–H groups in total. The van der Waals surface area contributed by atoms with Gasteiger partial charge in [0, 0.05) is 19.8 Å². The van der Waals surface area contributed by atoms with E-state index in [1.54, 1.807) is 0 Å². The van der Waals surface area contributed by atoms with Crippen LogP contribution in [0.1, 0.15) is 11.1 Å². The van der Waals surface area contributed by atoms with Crippen LogP contribution in [0.25, 0.3) is 0 Å². The van der Waals surface area contributed by atoms with Gasteiger partial charge in [0.25, 0.3) is 0 Å². The Hall–Kier alpha value is -0.520. The molecule has 0 spiro atoms. The lowest BCUT2D eigenvalue weighted by molar-refractivity contribution is 0.632. The van der Waals surface area contributed by atoms with Crippen molar-refractivity contribution in [3.8, 4) is 0 Å². The van der Waals surface area contributed by atoms with Crippen LogP contribution in [0.5, 0.6) is 0 Å². The molecule has 0 aliphatic carbocycles. The first-order valence-electron chi connectivity index (χ1n) is 6.47. The van der Waals surface area contributed by atoms with Crippen LogP contribution in [0, 0.1) is 3.57 Å². The number of rotatable bonds is 3. The van der Waals surface area contributed by atoms with E-state index in [1.807, 2.05) is 11.8 Å². The van der Waals surface area contributed by atoms with Gasteiger partial charge in [0.15, 0.2) is 0 Å². The molecule has 0 bridgehead atoms. The van der Waals surface area contributed by atoms with Crippen molar-refractivity contribution in [1.82, 2.24) is 0 Å². The molecule has 3 heteroatoms. The van der Waals surface area contributed by atoms with E-state index in [2.05, 4.69) is 71.1 Å². The Morgan fingerprint density at radius 2 is 1.89 bits per heavy atom. The lowest BCUT2D eigenvalue weighted by Gasteiger charge is -2.18. The van der Waals surface area contributed by atoms with Gasteiger partial charge in [-0.05, 0) is 64.8 Å². The third-order valence-electron chi connectivity index (χ3n) is 3.53. The van der Waals surface area contributed by atoms with E-state index in [1.165, 1.54) is 19.6 Å². The van der Waals surface area contributed by atoms with Crippen molar-refractivity contribution in [2.24, 2.45) is 5.73 Å². The van der Waals surface area contributed by atoms with E-state index in [4.69, 9.17) is 5.73 Å². The summed E-state index contributed by atoms with van der Waals surface area (Å²) in [6, 6.07) is 17.6. The van der Waals surface area contributed by atoms with Gasteiger partial charge in [-0.15, -0.1) is 11.8 Å². The number of thioether (sulfide) groups is 1. The minimum atomic E-state index is 0.220. The number of fused-ring (bicyclic) bond motifs is 1. The van der Waals surface area contributed by atoms with Crippen LogP contribution >= 0.6 is 34.4 Å². The second-order valence-electron chi connectivity index (χ2n) is 4.96. The first kappa shape index (κ1) is 13.5. The van der Waals surface area contributed by atoms with Crippen LogP contribution in [-0.4, -0.2) is 11.3 Å². The van der Waals surface area contributed by atoms with Gasteiger partial charge in [0.1, 0.15) is 0 Å². The van der Waals surface area contributed by atoms with Gasteiger partial charge in [-0.2, -0.15) is 0 Å². The van der Waals surface area contributed by atoms with E-state index < -0.39 is 0 Å². The van der Waals surface area contributed by atoms with Gasteiger partial charge in [-0.1, -0.05) is 30.3 Å². The van der Waals surface area contributed by atoms with Crippen LogP contribution in [-0.2, 0) is 12.8 Å². The van der Waals surface area contributed by atoms with Crippen molar-refractivity contribution in [3.05, 3.63) is 63.2 Å². The monoisotopic (exact) mass is 381 g/mol. The molecule has 2 aromatic rings. The van der Waals surface area contributed by atoms with Gasteiger partial charge < -0.3 is 5.73 Å². The standard InChI is InChI=1S/C16H16INS/c17-13-7-5-11(6-8-13)9-14(18)16-10-12-3-1-2-4-15(12)19-16/h1-8,14,16H,9-10,18H2. The Morgan fingerprint density at radius 1 is 1.16 bits per heavy atom. The number of nitrogens with two attached hydrogens (primary N) is 1. The highest BCUT2D eigenvalue weighted by molar-refractivity contribution is 14.1. The summed E-state index contributed by atoms with van der Waals surface area (Å²) in [4.78, 5) is 1.41.